The molecule has 0 fully saturated rings. The van der Waals surface area contributed by atoms with Crippen LogP contribution in [0, 0.1) is 12.3 Å². The molecule has 1 unspecified atom stereocenters. The molecule has 1 rings (SSSR count). The van der Waals surface area contributed by atoms with Crippen LogP contribution in [-0.4, -0.2) is 16.9 Å². The molecule has 0 bridgehead atoms. The molecule has 0 spiro atoms. The molecule has 2 atom stereocenters. The van der Waals surface area contributed by atoms with Gasteiger partial charge in [0, 0.05) is 18.8 Å². The lowest BCUT2D eigenvalue weighted by Crippen LogP contribution is -2.41. The van der Waals surface area contributed by atoms with Crippen molar-refractivity contribution in [2.45, 2.75) is 25.4 Å². The highest BCUT2D eigenvalue weighted by molar-refractivity contribution is 5.82. The zero-order chi connectivity index (χ0) is 12.0. The van der Waals surface area contributed by atoms with E-state index in [2.05, 4.69) is 16.2 Å². The van der Waals surface area contributed by atoms with Crippen LogP contribution in [-0.2, 0) is 4.79 Å². The highest BCUT2D eigenvalue weighted by Crippen LogP contribution is 2.09. The van der Waals surface area contributed by atoms with Gasteiger partial charge in [-0.3, -0.25) is 9.78 Å². The van der Waals surface area contributed by atoms with E-state index in [9.17, 15) is 4.79 Å². The third-order valence-corrected chi connectivity index (χ3v) is 2.22. The molecule has 84 valence electrons. The molecular weight excluding hydrogens is 202 g/mol. The van der Waals surface area contributed by atoms with Gasteiger partial charge in [0.1, 0.15) is 0 Å². The molecule has 1 aromatic rings. The van der Waals surface area contributed by atoms with Crippen molar-refractivity contribution in [2.24, 2.45) is 5.73 Å². The smallest absolute Gasteiger partial charge is 0.238 e. The number of hydrogen-bond donors (Lipinski definition) is 2. The predicted molar refractivity (Wildman–Crippen MR) is 62.2 cm³/mol. The van der Waals surface area contributed by atoms with E-state index in [1.54, 1.807) is 12.4 Å². The zero-order valence-corrected chi connectivity index (χ0v) is 9.18. The largest absolute Gasteiger partial charge is 0.348 e. The van der Waals surface area contributed by atoms with Gasteiger partial charge in [-0.25, -0.2) is 0 Å². The Morgan fingerprint density at radius 1 is 1.75 bits per heavy atom. The van der Waals surface area contributed by atoms with Crippen LogP contribution >= 0.6 is 0 Å². The van der Waals surface area contributed by atoms with E-state index >= 15 is 0 Å². The Hall–Kier alpha value is -1.86. The molecule has 0 radical (unpaired) electrons. The van der Waals surface area contributed by atoms with Crippen molar-refractivity contribution < 1.29 is 4.79 Å². The standard InChI is InChI=1S/C12H15N3O/c1-3-5-11(13)12(16)15-9(2)10-6-4-7-14-8-10/h1,4,6-9,11H,5,13H2,2H3,(H,15,16)/t9-,11?/m0/s1. The Morgan fingerprint density at radius 2 is 2.50 bits per heavy atom. The number of pyridine rings is 1. The number of terminal acetylenes is 1. The number of amides is 1. The van der Waals surface area contributed by atoms with Crippen molar-refractivity contribution in [1.82, 2.24) is 10.3 Å². The summed E-state index contributed by atoms with van der Waals surface area (Å²) in [7, 11) is 0. The van der Waals surface area contributed by atoms with Crippen LogP contribution in [0.15, 0.2) is 24.5 Å². The molecule has 3 N–H and O–H groups in total. The lowest BCUT2D eigenvalue weighted by atomic mass is 10.1. The van der Waals surface area contributed by atoms with Crippen molar-refractivity contribution >= 4 is 5.91 Å². The molecule has 1 aromatic heterocycles. The van der Waals surface area contributed by atoms with Crippen LogP contribution in [0.5, 0.6) is 0 Å². The Kier molecular flexibility index (Phi) is 4.49. The minimum Gasteiger partial charge on any atom is -0.348 e. The lowest BCUT2D eigenvalue weighted by Gasteiger charge is -2.16. The van der Waals surface area contributed by atoms with Crippen LogP contribution in [0.25, 0.3) is 0 Å². The summed E-state index contributed by atoms with van der Waals surface area (Å²) in [5.41, 5.74) is 6.52. The SMILES string of the molecule is C#CCC(N)C(=O)N[C@@H](C)c1cccnc1. The predicted octanol–water partition coefficient (Wildman–Crippen LogP) is 0.609. The van der Waals surface area contributed by atoms with Crippen molar-refractivity contribution in [1.29, 1.82) is 0 Å². The van der Waals surface area contributed by atoms with E-state index < -0.39 is 6.04 Å². The van der Waals surface area contributed by atoms with E-state index in [4.69, 9.17) is 12.2 Å². The van der Waals surface area contributed by atoms with Gasteiger partial charge in [0.25, 0.3) is 0 Å². The maximum atomic E-state index is 11.6. The number of nitrogens with one attached hydrogen (secondary N) is 1. The van der Waals surface area contributed by atoms with Crippen LogP contribution in [0.3, 0.4) is 0 Å². The highest BCUT2D eigenvalue weighted by atomic mass is 16.2. The fourth-order valence-electron chi connectivity index (χ4n) is 1.26. The normalized spacial score (nSPS) is 13.6. The van der Waals surface area contributed by atoms with Gasteiger partial charge < -0.3 is 11.1 Å². The second kappa shape index (κ2) is 5.89. The highest BCUT2D eigenvalue weighted by Gasteiger charge is 2.15. The topological polar surface area (TPSA) is 68.0 Å². The Bertz CT molecular complexity index is 383. The molecule has 0 aliphatic heterocycles. The fourth-order valence-corrected chi connectivity index (χ4v) is 1.26. The molecule has 4 heteroatoms. The summed E-state index contributed by atoms with van der Waals surface area (Å²) in [5, 5.41) is 2.78. The zero-order valence-electron chi connectivity index (χ0n) is 9.18. The summed E-state index contributed by atoms with van der Waals surface area (Å²) in [6, 6.07) is 2.94. The minimum atomic E-state index is -0.649. The van der Waals surface area contributed by atoms with Gasteiger partial charge in [0.05, 0.1) is 12.1 Å². The quantitative estimate of drug-likeness (QED) is 0.726. The summed E-state index contributed by atoms with van der Waals surface area (Å²) < 4.78 is 0. The third-order valence-electron chi connectivity index (χ3n) is 2.22. The van der Waals surface area contributed by atoms with Gasteiger partial charge in [-0.1, -0.05) is 6.07 Å². The Morgan fingerprint density at radius 3 is 3.06 bits per heavy atom. The maximum Gasteiger partial charge on any atom is 0.238 e. The molecule has 0 aliphatic carbocycles. The minimum absolute atomic E-state index is 0.120. The van der Waals surface area contributed by atoms with Gasteiger partial charge >= 0.3 is 0 Å². The number of hydrogen-bond acceptors (Lipinski definition) is 3. The number of rotatable bonds is 4. The second-order valence-electron chi connectivity index (χ2n) is 3.53. The van der Waals surface area contributed by atoms with Gasteiger partial charge in [0.15, 0.2) is 0 Å². The van der Waals surface area contributed by atoms with Crippen molar-refractivity contribution in [3.05, 3.63) is 30.1 Å². The summed E-state index contributed by atoms with van der Waals surface area (Å²) in [4.78, 5) is 15.5. The third kappa shape index (κ3) is 3.37. The molecule has 1 heterocycles. The van der Waals surface area contributed by atoms with E-state index in [0.29, 0.717) is 0 Å². The lowest BCUT2D eigenvalue weighted by molar-refractivity contribution is -0.122. The van der Waals surface area contributed by atoms with Gasteiger partial charge in [-0.05, 0) is 18.6 Å². The Balaban J connectivity index is 2.56. The molecule has 0 aromatic carbocycles. The number of nitrogens with two attached hydrogens (primary N) is 1. The van der Waals surface area contributed by atoms with Gasteiger partial charge in [0.2, 0.25) is 5.91 Å². The maximum absolute atomic E-state index is 11.6. The molecule has 0 saturated heterocycles. The average Bonchev–Trinajstić information content (AvgIpc) is 2.30. The fraction of sp³-hybridized carbons (Fsp3) is 0.333. The summed E-state index contributed by atoms with van der Waals surface area (Å²) in [6.45, 7) is 1.87. The molecule has 0 aliphatic rings. The first-order valence-corrected chi connectivity index (χ1v) is 5.04. The summed E-state index contributed by atoms with van der Waals surface area (Å²) in [6.07, 6.45) is 8.72. The molecule has 4 nitrogen and oxygen atoms in total. The van der Waals surface area contributed by atoms with E-state index in [0.717, 1.165) is 5.56 Å². The van der Waals surface area contributed by atoms with E-state index in [1.807, 2.05) is 19.1 Å². The van der Waals surface area contributed by atoms with Crippen LogP contribution < -0.4 is 11.1 Å². The van der Waals surface area contributed by atoms with Crippen LogP contribution in [0.2, 0.25) is 0 Å². The number of nitrogens with zero attached hydrogens (tertiary/aromatic N) is 1. The van der Waals surface area contributed by atoms with Gasteiger partial charge in [-0.2, -0.15) is 0 Å². The number of aromatic nitrogens is 1. The summed E-state index contributed by atoms with van der Waals surface area (Å²) in [5.74, 6) is 2.12. The van der Waals surface area contributed by atoms with Crippen molar-refractivity contribution in [2.75, 3.05) is 0 Å². The second-order valence-corrected chi connectivity index (χ2v) is 3.53. The summed E-state index contributed by atoms with van der Waals surface area (Å²) >= 11 is 0. The molecule has 1 amide bonds. The number of carbonyl (C=O) groups excluding carboxylic acids is 1. The van der Waals surface area contributed by atoms with Crippen molar-refractivity contribution in [3.8, 4) is 12.3 Å². The average molecular weight is 217 g/mol. The van der Waals surface area contributed by atoms with Crippen LogP contribution in [0.4, 0.5) is 0 Å². The molecular formula is C12H15N3O. The number of carbonyl (C=O) groups is 1. The monoisotopic (exact) mass is 217 g/mol. The van der Waals surface area contributed by atoms with Crippen LogP contribution in [0.1, 0.15) is 24.9 Å². The first-order valence-electron chi connectivity index (χ1n) is 5.04. The van der Waals surface area contributed by atoms with Crippen molar-refractivity contribution in [3.63, 3.8) is 0 Å². The molecule has 16 heavy (non-hydrogen) atoms. The van der Waals surface area contributed by atoms with E-state index in [1.165, 1.54) is 0 Å². The van der Waals surface area contributed by atoms with E-state index in [-0.39, 0.29) is 18.4 Å². The first kappa shape index (κ1) is 12.2. The van der Waals surface area contributed by atoms with Gasteiger partial charge in [-0.15, -0.1) is 12.3 Å². The Labute approximate surface area is 95.3 Å². The molecule has 0 saturated carbocycles. The first-order chi connectivity index (χ1) is 7.65.